The zero-order valence-corrected chi connectivity index (χ0v) is 18.9. The summed E-state index contributed by atoms with van der Waals surface area (Å²) >= 11 is 0. The predicted octanol–water partition coefficient (Wildman–Crippen LogP) is 1.71. The zero-order chi connectivity index (χ0) is 23.0. The van der Waals surface area contributed by atoms with E-state index in [1.54, 1.807) is 12.1 Å². The third-order valence-electron chi connectivity index (χ3n) is 5.40. The van der Waals surface area contributed by atoms with E-state index in [1.165, 1.54) is 23.5 Å². The number of methoxy groups -OCH3 is 1. The molecule has 8 nitrogen and oxygen atoms in total. The van der Waals surface area contributed by atoms with Gasteiger partial charge in [-0.1, -0.05) is 30.3 Å². The van der Waals surface area contributed by atoms with Gasteiger partial charge in [-0.25, -0.2) is 8.42 Å². The molecule has 0 aliphatic carbocycles. The third-order valence-corrected chi connectivity index (χ3v) is 7.31. The van der Waals surface area contributed by atoms with E-state index in [0.717, 1.165) is 5.56 Å². The molecule has 0 atom stereocenters. The minimum absolute atomic E-state index is 0.0789. The monoisotopic (exact) mass is 459 g/mol. The number of benzene rings is 2. The average Bonchev–Trinajstić information content (AvgIpc) is 2.80. The number of nitrogens with one attached hydrogen (secondary N) is 2. The molecule has 0 unspecified atom stereocenters. The Morgan fingerprint density at radius 3 is 2.28 bits per heavy atom. The Kier molecular flexibility index (Phi) is 8.24. The van der Waals surface area contributed by atoms with E-state index < -0.39 is 10.0 Å². The molecule has 2 N–H and O–H groups in total. The largest absolute Gasteiger partial charge is 0.497 e. The summed E-state index contributed by atoms with van der Waals surface area (Å²) in [5.41, 5.74) is 0.922. The molecule has 1 aliphatic heterocycles. The summed E-state index contributed by atoms with van der Waals surface area (Å²) < 4.78 is 32.1. The van der Waals surface area contributed by atoms with Crippen LogP contribution in [0.15, 0.2) is 59.5 Å². The van der Waals surface area contributed by atoms with Crippen molar-refractivity contribution in [3.63, 3.8) is 0 Å². The molecule has 0 bridgehead atoms. The number of hydrogen-bond acceptors (Lipinski definition) is 5. The molecule has 3 rings (SSSR count). The molecule has 9 heteroatoms. The highest BCUT2D eigenvalue weighted by atomic mass is 32.2. The number of carbonyl (C=O) groups excluding carboxylic acids is 2. The van der Waals surface area contributed by atoms with E-state index in [1.807, 2.05) is 30.3 Å². The first-order chi connectivity index (χ1) is 15.4. The van der Waals surface area contributed by atoms with Crippen molar-refractivity contribution in [2.24, 2.45) is 0 Å². The average molecular weight is 460 g/mol. The van der Waals surface area contributed by atoms with Crippen molar-refractivity contribution in [2.75, 3.05) is 26.7 Å². The van der Waals surface area contributed by atoms with Gasteiger partial charge in [0.25, 0.3) is 0 Å². The Hall–Kier alpha value is -2.91. The van der Waals surface area contributed by atoms with Gasteiger partial charge in [-0.05, 0) is 42.7 Å². The number of carbonyl (C=O) groups is 2. The highest BCUT2D eigenvalue weighted by Crippen LogP contribution is 2.22. The lowest BCUT2D eigenvalue weighted by molar-refractivity contribution is -0.122. The van der Waals surface area contributed by atoms with Gasteiger partial charge in [0, 0.05) is 32.1 Å². The molecule has 1 heterocycles. The van der Waals surface area contributed by atoms with E-state index in [2.05, 4.69) is 10.6 Å². The van der Waals surface area contributed by atoms with Crippen molar-refractivity contribution in [2.45, 2.75) is 36.6 Å². The fraction of sp³-hybridized carbons (Fsp3) is 0.391. The van der Waals surface area contributed by atoms with Crippen LogP contribution in [0.25, 0.3) is 0 Å². The summed E-state index contributed by atoms with van der Waals surface area (Å²) in [4.78, 5) is 24.4. The molecule has 1 aliphatic rings. The van der Waals surface area contributed by atoms with Gasteiger partial charge in [-0.3, -0.25) is 9.59 Å². The Morgan fingerprint density at radius 1 is 1.00 bits per heavy atom. The standard InChI is InChI=1S/C23H29N3O5S/c1-31-20-7-9-21(10-8-20)32(29,30)26-15-12-19(13-16-26)25-22(27)11-14-24-23(28)17-18-5-3-2-4-6-18/h2-10,19H,11-17H2,1H3,(H,24,28)(H,25,27). The Morgan fingerprint density at radius 2 is 1.66 bits per heavy atom. The fourth-order valence-corrected chi connectivity index (χ4v) is 5.07. The van der Waals surface area contributed by atoms with Crippen LogP contribution in [-0.4, -0.2) is 57.3 Å². The molecule has 0 aromatic heterocycles. The zero-order valence-electron chi connectivity index (χ0n) is 18.1. The molecule has 2 aromatic carbocycles. The van der Waals surface area contributed by atoms with Crippen LogP contribution < -0.4 is 15.4 Å². The first-order valence-corrected chi connectivity index (χ1v) is 12.1. The van der Waals surface area contributed by atoms with E-state index in [0.29, 0.717) is 31.7 Å². The molecule has 0 spiro atoms. The van der Waals surface area contributed by atoms with Crippen molar-refractivity contribution in [1.29, 1.82) is 0 Å². The second-order valence-corrected chi connectivity index (χ2v) is 9.62. The van der Waals surface area contributed by atoms with Crippen LogP contribution in [0.5, 0.6) is 5.75 Å². The first kappa shape index (κ1) is 23.7. The maximum Gasteiger partial charge on any atom is 0.243 e. The highest BCUT2D eigenvalue weighted by molar-refractivity contribution is 7.89. The maximum absolute atomic E-state index is 12.8. The van der Waals surface area contributed by atoms with Gasteiger partial charge in [0.1, 0.15) is 5.75 Å². The third kappa shape index (κ3) is 6.54. The Labute approximate surface area is 189 Å². The number of amides is 2. The highest BCUT2D eigenvalue weighted by Gasteiger charge is 2.29. The first-order valence-electron chi connectivity index (χ1n) is 10.6. The van der Waals surface area contributed by atoms with Crippen LogP contribution in [0.2, 0.25) is 0 Å². The van der Waals surface area contributed by atoms with Crippen LogP contribution in [0.4, 0.5) is 0 Å². The van der Waals surface area contributed by atoms with Crippen molar-refractivity contribution in [1.82, 2.24) is 14.9 Å². The number of rotatable bonds is 9. The molecule has 1 fully saturated rings. The minimum Gasteiger partial charge on any atom is -0.497 e. The number of sulfonamides is 1. The minimum atomic E-state index is -3.57. The number of hydrogen-bond donors (Lipinski definition) is 2. The molecule has 2 aromatic rings. The van der Waals surface area contributed by atoms with Crippen molar-refractivity contribution < 1.29 is 22.7 Å². The molecule has 0 saturated carbocycles. The lowest BCUT2D eigenvalue weighted by Gasteiger charge is -2.31. The van der Waals surface area contributed by atoms with Crippen LogP contribution in [-0.2, 0) is 26.0 Å². The molecule has 172 valence electrons. The van der Waals surface area contributed by atoms with Gasteiger partial charge >= 0.3 is 0 Å². The van der Waals surface area contributed by atoms with Gasteiger partial charge < -0.3 is 15.4 Å². The second kappa shape index (κ2) is 11.1. The van der Waals surface area contributed by atoms with Gasteiger partial charge in [0.2, 0.25) is 21.8 Å². The topological polar surface area (TPSA) is 105 Å². The van der Waals surface area contributed by atoms with Crippen LogP contribution >= 0.6 is 0 Å². The normalized spacial score (nSPS) is 15.2. The molecular formula is C23H29N3O5S. The van der Waals surface area contributed by atoms with Gasteiger partial charge in [-0.2, -0.15) is 4.31 Å². The number of nitrogens with zero attached hydrogens (tertiary/aromatic N) is 1. The summed E-state index contributed by atoms with van der Waals surface area (Å²) in [6, 6.07) is 15.7. The predicted molar refractivity (Wildman–Crippen MR) is 121 cm³/mol. The molecular weight excluding hydrogens is 430 g/mol. The van der Waals surface area contributed by atoms with Crippen molar-refractivity contribution in [3.8, 4) is 5.75 Å². The molecule has 2 amide bonds. The van der Waals surface area contributed by atoms with Crippen LogP contribution in [0.1, 0.15) is 24.8 Å². The van der Waals surface area contributed by atoms with Gasteiger partial charge in [0.15, 0.2) is 0 Å². The van der Waals surface area contributed by atoms with Crippen molar-refractivity contribution in [3.05, 3.63) is 60.2 Å². The summed E-state index contributed by atoms with van der Waals surface area (Å²) in [6.45, 7) is 0.947. The molecule has 1 saturated heterocycles. The fourth-order valence-electron chi connectivity index (χ4n) is 3.60. The lowest BCUT2D eigenvalue weighted by atomic mass is 10.1. The van der Waals surface area contributed by atoms with E-state index in [-0.39, 0.29) is 42.1 Å². The Balaban J connectivity index is 1.38. The van der Waals surface area contributed by atoms with E-state index in [4.69, 9.17) is 4.74 Å². The van der Waals surface area contributed by atoms with E-state index >= 15 is 0 Å². The Bertz CT molecular complexity index is 1000. The SMILES string of the molecule is COc1ccc(S(=O)(=O)N2CCC(NC(=O)CCNC(=O)Cc3ccccc3)CC2)cc1. The summed E-state index contributed by atoms with van der Waals surface area (Å²) in [5.74, 6) is 0.323. The maximum atomic E-state index is 12.8. The number of ether oxygens (including phenoxy) is 1. The van der Waals surface area contributed by atoms with Crippen molar-refractivity contribution >= 4 is 21.8 Å². The summed E-state index contributed by atoms with van der Waals surface area (Å²) in [7, 11) is -2.04. The van der Waals surface area contributed by atoms with Crippen LogP contribution in [0, 0.1) is 0 Å². The lowest BCUT2D eigenvalue weighted by Crippen LogP contribution is -2.46. The van der Waals surface area contributed by atoms with Crippen LogP contribution in [0.3, 0.4) is 0 Å². The van der Waals surface area contributed by atoms with Gasteiger partial charge in [-0.15, -0.1) is 0 Å². The van der Waals surface area contributed by atoms with E-state index in [9.17, 15) is 18.0 Å². The molecule has 0 radical (unpaired) electrons. The molecule has 32 heavy (non-hydrogen) atoms. The quantitative estimate of drug-likeness (QED) is 0.594. The summed E-state index contributed by atoms with van der Waals surface area (Å²) in [5, 5.41) is 5.70. The summed E-state index contributed by atoms with van der Waals surface area (Å²) in [6.07, 6.45) is 1.55. The van der Waals surface area contributed by atoms with Gasteiger partial charge in [0.05, 0.1) is 18.4 Å². The second-order valence-electron chi connectivity index (χ2n) is 7.68. The number of piperidine rings is 1. The smallest absolute Gasteiger partial charge is 0.243 e.